The van der Waals surface area contributed by atoms with E-state index in [0.717, 1.165) is 12.1 Å². The summed E-state index contributed by atoms with van der Waals surface area (Å²) in [5, 5.41) is 0. The minimum atomic E-state index is -0.885. The fourth-order valence-corrected chi connectivity index (χ4v) is 2.62. The zero-order valence-electron chi connectivity index (χ0n) is 8.25. The normalized spacial score (nSPS) is 24.6. The Morgan fingerprint density at radius 3 is 2.75 bits per heavy atom. The summed E-state index contributed by atoms with van der Waals surface area (Å²) in [5.41, 5.74) is 0.617. The minimum Gasteiger partial charge on any atom is -0.461 e. The number of ether oxygens (including phenoxy) is 1. The molecule has 2 nitrogen and oxygen atoms in total. The lowest BCUT2D eigenvalue weighted by Gasteiger charge is -2.15. The third-order valence-electron chi connectivity index (χ3n) is 2.64. The predicted molar refractivity (Wildman–Crippen MR) is 62.5 cm³/mol. The maximum absolute atomic E-state index is 13.1. The van der Waals surface area contributed by atoms with E-state index in [1.165, 1.54) is 6.07 Å². The third kappa shape index (κ3) is 2.18. The lowest BCUT2D eigenvalue weighted by atomic mass is 9.93. The first kappa shape index (κ1) is 11.8. The molecule has 1 aromatic rings. The number of cyclic esters (lactones) is 1. The Bertz CT molecular complexity index is 422. The second kappa shape index (κ2) is 4.65. The Balaban J connectivity index is 2.29. The van der Waals surface area contributed by atoms with Crippen molar-refractivity contribution in [2.75, 3.05) is 4.43 Å². The molecule has 2 atom stereocenters. The van der Waals surface area contributed by atoms with Crippen LogP contribution in [0.4, 0.5) is 8.78 Å². The van der Waals surface area contributed by atoms with E-state index >= 15 is 0 Å². The van der Waals surface area contributed by atoms with Crippen LogP contribution >= 0.6 is 22.6 Å². The van der Waals surface area contributed by atoms with Gasteiger partial charge >= 0.3 is 5.97 Å². The van der Waals surface area contributed by atoms with Gasteiger partial charge in [-0.1, -0.05) is 28.7 Å². The van der Waals surface area contributed by atoms with Gasteiger partial charge in [0, 0.05) is 10.3 Å². The highest BCUT2D eigenvalue weighted by atomic mass is 127. The van der Waals surface area contributed by atoms with Crippen molar-refractivity contribution < 1.29 is 18.3 Å². The van der Waals surface area contributed by atoms with Crippen LogP contribution in [0.5, 0.6) is 0 Å². The second-order valence-electron chi connectivity index (χ2n) is 3.67. The lowest BCUT2D eigenvalue weighted by molar-refractivity contribution is -0.140. The van der Waals surface area contributed by atoms with Crippen molar-refractivity contribution >= 4 is 28.6 Å². The molecule has 1 aliphatic rings. The molecule has 0 aromatic heterocycles. The fourth-order valence-electron chi connectivity index (χ4n) is 1.82. The molecule has 1 saturated heterocycles. The molecule has 0 aliphatic carbocycles. The maximum atomic E-state index is 13.1. The molecule has 5 heteroatoms. The molecule has 16 heavy (non-hydrogen) atoms. The van der Waals surface area contributed by atoms with Gasteiger partial charge in [-0.25, -0.2) is 8.78 Å². The molecule has 0 N–H and O–H groups in total. The van der Waals surface area contributed by atoms with Crippen LogP contribution in [-0.2, 0) is 9.53 Å². The van der Waals surface area contributed by atoms with Crippen LogP contribution in [-0.4, -0.2) is 16.5 Å². The van der Waals surface area contributed by atoms with Gasteiger partial charge in [0.05, 0.1) is 6.42 Å². The van der Waals surface area contributed by atoms with Crippen molar-refractivity contribution in [1.82, 2.24) is 0 Å². The zero-order chi connectivity index (χ0) is 11.7. The fraction of sp³-hybridized carbons (Fsp3) is 0.364. The molecule has 1 aromatic carbocycles. The molecule has 2 rings (SSSR count). The van der Waals surface area contributed by atoms with Gasteiger partial charge in [0.1, 0.15) is 6.10 Å². The topological polar surface area (TPSA) is 26.3 Å². The second-order valence-corrected chi connectivity index (χ2v) is 4.55. The number of alkyl halides is 1. The number of hydrogen-bond donors (Lipinski definition) is 0. The summed E-state index contributed by atoms with van der Waals surface area (Å²) in [7, 11) is 0. The van der Waals surface area contributed by atoms with Gasteiger partial charge in [-0.3, -0.25) is 4.79 Å². The standard InChI is InChI=1S/C11H9F2IO2/c12-8-2-1-6(3-9(8)13)7-4-11(15)16-10(7)5-14/h1-3,7,10H,4-5H2/t7-,10+/m0/s1. The predicted octanol–water partition coefficient (Wildman–Crippen LogP) is 2.80. The average Bonchev–Trinajstić information content (AvgIpc) is 2.63. The molecule has 0 radical (unpaired) electrons. The van der Waals surface area contributed by atoms with Crippen molar-refractivity contribution in [2.24, 2.45) is 0 Å². The maximum Gasteiger partial charge on any atom is 0.306 e. The van der Waals surface area contributed by atoms with Gasteiger partial charge in [0.2, 0.25) is 0 Å². The van der Waals surface area contributed by atoms with Crippen LogP contribution in [0.2, 0.25) is 0 Å². The molecule has 0 saturated carbocycles. The zero-order valence-corrected chi connectivity index (χ0v) is 10.4. The molecular formula is C11H9F2IO2. The van der Waals surface area contributed by atoms with Gasteiger partial charge in [-0.15, -0.1) is 0 Å². The van der Waals surface area contributed by atoms with E-state index in [-0.39, 0.29) is 24.4 Å². The minimum absolute atomic E-state index is 0.167. The monoisotopic (exact) mass is 338 g/mol. The molecule has 0 bridgehead atoms. The van der Waals surface area contributed by atoms with Gasteiger partial charge in [-0.05, 0) is 17.7 Å². The summed E-state index contributed by atoms with van der Waals surface area (Å²) in [6, 6.07) is 3.73. The molecule has 86 valence electrons. The average molecular weight is 338 g/mol. The molecular weight excluding hydrogens is 329 g/mol. The Labute approximate surface area is 105 Å². The number of hydrogen-bond acceptors (Lipinski definition) is 2. The number of halogens is 3. The lowest BCUT2D eigenvalue weighted by Crippen LogP contribution is -2.16. The molecule has 0 unspecified atom stereocenters. The van der Waals surface area contributed by atoms with Crippen LogP contribution < -0.4 is 0 Å². The molecule has 1 heterocycles. The first-order valence-electron chi connectivity index (χ1n) is 4.82. The smallest absolute Gasteiger partial charge is 0.306 e. The number of rotatable bonds is 2. The Morgan fingerprint density at radius 2 is 2.12 bits per heavy atom. The molecule has 1 aliphatic heterocycles. The van der Waals surface area contributed by atoms with Crippen molar-refractivity contribution in [3.8, 4) is 0 Å². The van der Waals surface area contributed by atoms with Crippen LogP contribution in [0, 0.1) is 11.6 Å². The van der Waals surface area contributed by atoms with Crippen LogP contribution in [0.25, 0.3) is 0 Å². The van der Waals surface area contributed by atoms with Crippen molar-refractivity contribution in [3.63, 3.8) is 0 Å². The van der Waals surface area contributed by atoms with E-state index in [0.29, 0.717) is 9.99 Å². The van der Waals surface area contributed by atoms with Gasteiger partial charge in [0.15, 0.2) is 11.6 Å². The highest BCUT2D eigenvalue weighted by Gasteiger charge is 2.35. The SMILES string of the molecule is O=C1C[C@@H](c2ccc(F)c(F)c2)[C@@H](CI)O1. The van der Waals surface area contributed by atoms with E-state index in [2.05, 4.69) is 22.6 Å². The van der Waals surface area contributed by atoms with Crippen LogP contribution in [0.1, 0.15) is 17.9 Å². The Kier molecular flexibility index (Phi) is 3.41. The highest BCUT2D eigenvalue weighted by molar-refractivity contribution is 14.1. The summed E-state index contributed by atoms with van der Waals surface area (Å²) in [5.74, 6) is -2.21. The third-order valence-corrected chi connectivity index (χ3v) is 3.51. The van der Waals surface area contributed by atoms with Gasteiger partial charge < -0.3 is 4.74 Å². The molecule has 1 fully saturated rings. The first-order chi connectivity index (χ1) is 7.61. The number of esters is 1. The largest absolute Gasteiger partial charge is 0.461 e. The van der Waals surface area contributed by atoms with Gasteiger partial charge in [0.25, 0.3) is 0 Å². The van der Waals surface area contributed by atoms with E-state index < -0.39 is 11.6 Å². The highest BCUT2D eigenvalue weighted by Crippen LogP contribution is 2.33. The summed E-state index contributed by atoms with van der Waals surface area (Å²) in [4.78, 5) is 11.2. The summed E-state index contributed by atoms with van der Waals surface area (Å²) < 4.78 is 31.6. The Hall–Kier alpha value is -0.720. The molecule has 0 amide bonds. The van der Waals surface area contributed by atoms with Crippen molar-refractivity contribution in [2.45, 2.75) is 18.4 Å². The number of carbonyl (C=O) groups is 1. The van der Waals surface area contributed by atoms with E-state index in [4.69, 9.17) is 4.74 Å². The van der Waals surface area contributed by atoms with Crippen molar-refractivity contribution in [3.05, 3.63) is 35.4 Å². The van der Waals surface area contributed by atoms with Gasteiger partial charge in [-0.2, -0.15) is 0 Å². The summed E-state index contributed by atoms with van der Waals surface area (Å²) >= 11 is 2.11. The van der Waals surface area contributed by atoms with Crippen LogP contribution in [0.3, 0.4) is 0 Å². The van der Waals surface area contributed by atoms with E-state index in [9.17, 15) is 13.6 Å². The number of benzene rings is 1. The summed E-state index contributed by atoms with van der Waals surface area (Å²) in [6.45, 7) is 0. The quantitative estimate of drug-likeness (QED) is 0.471. The Morgan fingerprint density at radius 1 is 1.38 bits per heavy atom. The van der Waals surface area contributed by atoms with E-state index in [1.807, 2.05) is 0 Å². The molecule has 0 spiro atoms. The number of carbonyl (C=O) groups excluding carboxylic acids is 1. The van der Waals surface area contributed by atoms with Crippen molar-refractivity contribution in [1.29, 1.82) is 0 Å². The summed E-state index contributed by atoms with van der Waals surface area (Å²) in [6.07, 6.45) is -0.00314. The van der Waals surface area contributed by atoms with Crippen LogP contribution in [0.15, 0.2) is 18.2 Å². The van der Waals surface area contributed by atoms with E-state index in [1.54, 1.807) is 0 Å². The first-order valence-corrected chi connectivity index (χ1v) is 6.34.